The highest BCUT2D eigenvalue weighted by molar-refractivity contribution is 5.70. The number of hydrogen-bond acceptors (Lipinski definition) is 2. The highest BCUT2D eigenvalue weighted by atomic mass is 16.4. The van der Waals surface area contributed by atoms with Gasteiger partial charge in [-0.1, -0.05) is 40.0 Å². The number of hydrogen-bond donors (Lipinski definition) is 2. The fraction of sp³-hybridized carbons (Fsp3) is 0.917. The van der Waals surface area contributed by atoms with E-state index in [4.69, 9.17) is 10.2 Å². The quantitative estimate of drug-likeness (QED) is 0.643. The van der Waals surface area contributed by atoms with E-state index in [1.165, 1.54) is 0 Å². The lowest BCUT2D eigenvalue weighted by Gasteiger charge is -2.26. The molecule has 3 heteroatoms. The Morgan fingerprint density at radius 1 is 1.13 bits per heavy atom. The maximum Gasteiger partial charge on any atom is 0.307 e. The SMILES string of the molecule is CC(C)(C)C(CCCCCCO)C(=O)O. The molecule has 0 fully saturated rings. The van der Waals surface area contributed by atoms with Crippen LogP contribution in [0.3, 0.4) is 0 Å². The van der Waals surface area contributed by atoms with Gasteiger partial charge in [0.05, 0.1) is 5.92 Å². The molecular formula is C12H24O3. The summed E-state index contributed by atoms with van der Waals surface area (Å²) in [6, 6.07) is 0. The van der Waals surface area contributed by atoms with Gasteiger partial charge in [-0.3, -0.25) is 4.79 Å². The Labute approximate surface area is 92.5 Å². The minimum atomic E-state index is -0.690. The summed E-state index contributed by atoms with van der Waals surface area (Å²) in [5, 5.41) is 17.7. The Bertz CT molecular complexity index is 182. The second kappa shape index (κ2) is 6.83. The van der Waals surface area contributed by atoms with Gasteiger partial charge in [-0.25, -0.2) is 0 Å². The van der Waals surface area contributed by atoms with Gasteiger partial charge in [-0.2, -0.15) is 0 Å². The van der Waals surface area contributed by atoms with Crippen LogP contribution in [0.2, 0.25) is 0 Å². The summed E-state index contributed by atoms with van der Waals surface area (Å²) in [5.74, 6) is -0.948. The van der Waals surface area contributed by atoms with Crippen LogP contribution in [0.15, 0.2) is 0 Å². The van der Waals surface area contributed by atoms with Gasteiger partial charge in [0.15, 0.2) is 0 Å². The van der Waals surface area contributed by atoms with Crippen molar-refractivity contribution in [2.24, 2.45) is 11.3 Å². The number of carboxylic acids is 1. The summed E-state index contributed by atoms with van der Waals surface area (Å²) < 4.78 is 0. The number of carboxylic acid groups (broad SMARTS) is 1. The maximum atomic E-state index is 11.0. The van der Waals surface area contributed by atoms with Crippen molar-refractivity contribution in [1.29, 1.82) is 0 Å². The topological polar surface area (TPSA) is 57.5 Å². The van der Waals surface area contributed by atoms with E-state index in [0.717, 1.165) is 32.1 Å². The molecule has 0 aliphatic heterocycles. The van der Waals surface area contributed by atoms with Crippen LogP contribution in [-0.2, 0) is 4.79 Å². The summed E-state index contributed by atoms with van der Waals surface area (Å²) in [4.78, 5) is 11.0. The Morgan fingerprint density at radius 3 is 2.07 bits per heavy atom. The van der Waals surface area contributed by atoms with Crippen LogP contribution in [0.25, 0.3) is 0 Å². The molecule has 0 bridgehead atoms. The maximum absolute atomic E-state index is 11.0. The van der Waals surface area contributed by atoms with E-state index >= 15 is 0 Å². The largest absolute Gasteiger partial charge is 0.481 e. The van der Waals surface area contributed by atoms with Crippen molar-refractivity contribution in [3.63, 3.8) is 0 Å². The lowest BCUT2D eigenvalue weighted by Crippen LogP contribution is -2.28. The molecule has 0 spiro atoms. The fourth-order valence-electron chi connectivity index (χ4n) is 1.74. The molecule has 0 aromatic carbocycles. The lowest BCUT2D eigenvalue weighted by atomic mass is 9.78. The van der Waals surface area contributed by atoms with Crippen LogP contribution < -0.4 is 0 Å². The van der Waals surface area contributed by atoms with E-state index in [2.05, 4.69) is 0 Å². The number of aliphatic hydroxyl groups is 1. The number of aliphatic hydroxyl groups excluding tert-OH is 1. The minimum absolute atomic E-state index is 0.164. The van der Waals surface area contributed by atoms with Crippen molar-refractivity contribution in [3.8, 4) is 0 Å². The molecule has 2 N–H and O–H groups in total. The molecular weight excluding hydrogens is 192 g/mol. The molecule has 0 aliphatic carbocycles. The zero-order valence-electron chi connectivity index (χ0n) is 10.1. The Morgan fingerprint density at radius 2 is 1.67 bits per heavy atom. The van der Waals surface area contributed by atoms with Gasteiger partial charge >= 0.3 is 5.97 Å². The van der Waals surface area contributed by atoms with Crippen LogP contribution in [0.4, 0.5) is 0 Å². The molecule has 1 unspecified atom stereocenters. The van der Waals surface area contributed by atoms with Crippen molar-refractivity contribution in [3.05, 3.63) is 0 Å². The first-order chi connectivity index (χ1) is 6.89. The predicted octanol–water partition coefficient (Wildman–Crippen LogP) is 2.68. The van der Waals surface area contributed by atoms with E-state index in [1.807, 2.05) is 20.8 Å². The van der Waals surface area contributed by atoms with Gasteiger partial charge in [0.1, 0.15) is 0 Å². The molecule has 0 amide bonds. The molecule has 3 nitrogen and oxygen atoms in total. The number of aliphatic carboxylic acids is 1. The van der Waals surface area contributed by atoms with Gasteiger partial charge in [-0.15, -0.1) is 0 Å². The first-order valence-corrected chi connectivity index (χ1v) is 5.73. The molecule has 0 rings (SSSR count). The lowest BCUT2D eigenvalue weighted by molar-refractivity contribution is -0.145. The van der Waals surface area contributed by atoms with Crippen molar-refractivity contribution in [2.45, 2.75) is 52.9 Å². The zero-order chi connectivity index (χ0) is 11.9. The van der Waals surface area contributed by atoms with Gasteiger partial charge < -0.3 is 10.2 Å². The predicted molar refractivity (Wildman–Crippen MR) is 60.8 cm³/mol. The molecule has 0 radical (unpaired) electrons. The van der Waals surface area contributed by atoms with E-state index in [-0.39, 0.29) is 17.9 Å². The standard InChI is InChI=1S/C12H24O3/c1-12(2,3)10(11(14)15)8-6-4-5-7-9-13/h10,13H,4-9H2,1-3H3,(H,14,15). The first-order valence-electron chi connectivity index (χ1n) is 5.73. The van der Waals surface area contributed by atoms with E-state index in [1.54, 1.807) is 0 Å². The molecule has 1 atom stereocenters. The molecule has 0 saturated carbocycles. The van der Waals surface area contributed by atoms with Crippen molar-refractivity contribution >= 4 is 5.97 Å². The van der Waals surface area contributed by atoms with Crippen LogP contribution >= 0.6 is 0 Å². The molecule has 0 aromatic rings. The summed E-state index contributed by atoms with van der Waals surface area (Å²) >= 11 is 0. The van der Waals surface area contributed by atoms with E-state index in [9.17, 15) is 4.79 Å². The zero-order valence-corrected chi connectivity index (χ0v) is 10.1. The highest BCUT2D eigenvalue weighted by Crippen LogP contribution is 2.30. The number of rotatable bonds is 7. The van der Waals surface area contributed by atoms with Crippen LogP contribution in [0.1, 0.15) is 52.9 Å². The summed E-state index contributed by atoms with van der Waals surface area (Å²) in [6.07, 6.45) is 4.51. The second-order valence-corrected chi connectivity index (χ2v) is 5.18. The fourth-order valence-corrected chi connectivity index (χ4v) is 1.74. The smallest absolute Gasteiger partial charge is 0.307 e. The molecule has 90 valence electrons. The van der Waals surface area contributed by atoms with Crippen molar-refractivity contribution in [1.82, 2.24) is 0 Å². The molecule has 15 heavy (non-hydrogen) atoms. The van der Waals surface area contributed by atoms with Gasteiger partial charge in [0.2, 0.25) is 0 Å². The number of carbonyl (C=O) groups is 1. The third kappa shape index (κ3) is 6.50. The van der Waals surface area contributed by atoms with Crippen LogP contribution in [-0.4, -0.2) is 22.8 Å². The Balaban J connectivity index is 3.84. The van der Waals surface area contributed by atoms with E-state index < -0.39 is 5.97 Å². The minimum Gasteiger partial charge on any atom is -0.481 e. The number of unbranched alkanes of at least 4 members (excludes halogenated alkanes) is 3. The Hall–Kier alpha value is -0.570. The summed E-state index contributed by atoms with van der Waals surface area (Å²) in [6.45, 7) is 6.15. The van der Waals surface area contributed by atoms with Crippen LogP contribution in [0, 0.1) is 11.3 Å². The highest BCUT2D eigenvalue weighted by Gasteiger charge is 2.30. The van der Waals surface area contributed by atoms with Gasteiger partial charge in [0, 0.05) is 6.61 Å². The molecule has 0 heterocycles. The third-order valence-electron chi connectivity index (χ3n) is 2.74. The first kappa shape index (κ1) is 14.4. The summed E-state index contributed by atoms with van der Waals surface area (Å²) in [7, 11) is 0. The molecule has 0 aliphatic rings. The van der Waals surface area contributed by atoms with Crippen molar-refractivity contribution in [2.75, 3.05) is 6.61 Å². The van der Waals surface area contributed by atoms with Gasteiger partial charge in [-0.05, 0) is 18.3 Å². The monoisotopic (exact) mass is 216 g/mol. The van der Waals surface area contributed by atoms with Crippen LogP contribution in [0.5, 0.6) is 0 Å². The average molecular weight is 216 g/mol. The Kier molecular flexibility index (Phi) is 6.57. The third-order valence-corrected chi connectivity index (χ3v) is 2.74. The summed E-state index contributed by atoms with van der Waals surface area (Å²) in [5.41, 5.74) is -0.164. The van der Waals surface area contributed by atoms with Gasteiger partial charge in [0.25, 0.3) is 0 Å². The van der Waals surface area contributed by atoms with E-state index in [0.29, 0.717) is 0 Å². The molecule has 0 saturated heterocycles. The normalized spacial score (nSPS) is 13.9. The molecule has 0 aromatic heterocycles. The second-order valence-electron chi connectivity index (χ2n) is 5.18. The van der Waals surface area contributed by atoms with Crippen molar-refractivity contribution < 1.29 is 15.0 Å². The average Bonchev–Trinajstić information content (AvgIpc) is 2.08.